The van der Waals surface area contributed by atoms with Gasteiger partial charge in [0.15, 0.2) is 0 Å². The molecule has 1 heterocycles. The van der Waals surface area contributed by atoms with Crippen LogP contribution in [0.25, 0.3) is 0 Å². The molecule has 12 heavy (non-hydrogen) atoms. The normalized spacial score (nSPS) is 51.8. The summed E-state index contributed by atoms with van der Waals surface area (Å²) >= 11 is 0. The van der Waals surface area contributed by atoms with Crippen LogP contribution in [0.2, 0.25) is 0 Å². The Balaban J connectivity index is 1.82. The summed E-state index contributed by atoms with van der Waals surface area (Å²) in [5.74, 6) is 1.10. The molecule has 3 fully saturated rings. The van der Waals surface area contributed by atoms with E-state index < -0.39 is 0 Å². The molecule has 3 aliphatic rings. The summed E-state index contributed by atoms with van der Waals surface area (Å²) in [5, 5.41) is 2.49. The summed E-state index contributed by atoms with van der Waals surface area (Å²) in [6, 6.07) is 0.898. The lowest BCUT2D eigenvalue weighted by atomic mass is 9.45. The molecule has 3 unspecified atom stereocenters. The fraction of sp³-hybridized carbons (Fsp3) is 1.00. The van der Waals surface area contributed by atoms with Gasteiger partial charge in [-0.2, -0.15) is 0 Å². The van der Waals surface area contributed by atoms with Gasteiger partial charge in [0.05, 0.1) is 0 Å². The molecule has 1 spiro atoms. The van der Waals surface area contributed by atoms with Gasteiger partial charge in [-0.1, -0.05) is 0 Å². The highest BCUT2D eigenvalue weighted by atomic mass is 15.5. The third kappa shape index (κ3) is 0.647. The van der Waals surface area contributed by atoms with E-state index in [9.17, 15) is 0 Å². The molecule has 0 radical (unpaired) electrons. The Morgan fingerprint density at radius 3 is 2.58 bits per heavy atom. The van der Waals surface area contributed by atoms with Gasteiger partial charge in [0, 0.05) is 12.6 Å². The summed E-state index contributed by atoms with van der Waals surface area (Å²) in [7, 11) is 2.07. The second kappa shape index (κ2) is 2.24. The highest BCUT2D eigenvalue weighted by Crippen LogP contribution is 2.64. The first-order chi connectivity index (χ1) is 5.87. The zero-order chi connectivity index (χ0) is 8.18. The van der Waals surface area contributed by atoms with Crippen molar-refractivity contribution in [2.24, 2.45) is 11.3 Å². The molecule has 0 aromatic carbocycles. The average Bonchev–Trinajstić information content (AvgIpc) is 1.96. The minimum absolute atomic E-state index is 0.793. The van der Waals surface area contributed by atoms with Crippen molar-refractivity contribution in [1.29, 1.82) is 0 Å². The number of nitrogens with one attached hydrogen (secondary N) is 1. The zero-order valence-electron chi connectivity index (χ0n) is 7.84. The van der Waals surface area contributed by atoms with Crippen LogP contribution in [0, 0.1) is 11.3 Å². The van der Waals surface area contributed by atoms with E-state index in [1.807, 2.05) is 0 Å². The van der Waals surface area contributed by atoms with Gasteiger partial charge in [0.25, 0.3) is 0 Å². The predicted octanol–water partition coefficient (Wildman–Crippen LogP) is 1.39. The lowest BCUT2D eigenvalue weighted by molar-refractivity contribution is -0.181. The molecule has 1 saturated heterocycles. The maximum Gasteiger partial charge on any atom is 0.0302 e. The molecule has 3 atom stereocenters. The van der Waals surface area contributed by atoms with Crippen molar-refractivity contribution >= 4 is 0 Å². The number of hydrazine groups is 1. The van der Waals surface area contributed by atoms with Gasteiger partial charge in [-0.15, -0.1) is 0 Å². The highest BCUT2D eigenvalue weighted by molar-refractivity contribution is 5.12. The van der Waals surface area contributed by atoms with Crippen molar-refractivity contribution in [2.45, 2.75) is 38.1 Å². The molecular formula is C10H18N2. The molecular weight excluding hydrogens is 148 g/mol. The van der Waals surface area contributed by atoms with Gasteiger partial charge in [0.1, 0.15) is 0 Å². The monoisotopic (exact) mass is 166 g/mol. The summed E-state index contributed by atoms with van der Waals surface area (Å²) < 4.78 is 0. The van der Waals surface area contributed by atoms with Crippen LogP contribution in [0.1, 0.15) is 32.1 Å². The molecule has 2 heteroatoms. The summed E-state index contributed by atoms with van der Waals surface area (Å²) in [4.78, 5) is 0. The first kappa shape index (κ1) is 7.34. The third-order valence-electron chi connectivity index (χ3n) is 4.70. The average molecular weight is 166 g/mol. The summed E-state index contributed by atoms with van der Waals surface area (Å²) in [5.41, 5.74) is 4.14. The van der Waals surface area contributed by atoms with E-state index in [0.29, 0.717) is 0 Å². The first-order valence-electron chi connectivity index (χ1n) is 5.31. The molecule has 2 nitrogen and oxygen atoms in total. The van der Waals surface area contributed by atoms with Gasteiger partial charge in [0.2, 0.25) is 0 Å². The van der Waals surface area contributed by atoms with E-state index in [0.717, 1.165) is 17.4 Å². The van der Waals surface area contributed by atoms with Crippen LogP contribution in [-0.4, -0.2) is 24.6 Å². The molecule has 68 valence electrons. The quantitative estimate of drug-likeness (QED) is 0.633. The first-order valence-corrected chi connectivity index (χ1v) is 5.31. The van der Waals surface area contributed by atoms with E-state index in [2.05, 4.69) is 17.5 Å². The number of piperidine rings is 1. The van der Waals surface area contributed by atoms with Crippen LogP contribution >= 0.6 is 0 Å². The van der Waals surface area contributed by atoms with Crippen LogP contribution in [0.15, 0.2) is 0 Å². The Kier molecular flexibility index (Phi) is 1.37. The minimum atomic E-state index is 0.793. The van der Waals surface area contributed by atoms with Crippen LogP contribution in [-0.2, 0) is 0 Å². The Morgan fingerprint density at radius 1 is 1.25 bits per heavy atom. The molecule has 2 saturated carbocycles. The second-order valence-electron chi connectivity index (χ2n) is 4.73. The van der Waals surface area contributed by atoms with Crippen molar-refractivity contribution in [3.8, 4) is 0 Å². The van der Waals surface area contributed by atoms with E-state index in [-0.39, 0.29) is 0 Å². The van der Waals surface area contributed by atoms with Crippen LogP contribution in [0.5, 0.6) is 0 Å². The molecule has 0 amide bonds. The van der Waals surface area contributed by atoms with Crippen molar-refractivity contribution < 1.29 is 0 Å². The Morgan fingerprint density at radius 2 is 2.08 bits per heavy atom. The second-order valence-corrected chi connectivity index (χ2v) is 4.73. The third-order valence-corrected chi connectivity index (χ3v) is 4.70. The highest BCUT2D eigenvalue weighted by Gasteiger charge is 2.60. The standard InChI is InChI=1S/C10H18N2/c1-11-12-7-4-8-2-5-10(8)6-3-9(10)12/h8-9,11H,2-7H2,1H3. The van der Waals surface area contributed by atoms with Crippen molar-refractivity contribution in [1.82, 2.24) is 10.4 Å². The Bertz CT molecular complexity index is 200. The minimum Gasteiger partial charge on any atom is -0.258 e. The Hall–Kier alpha value is -0.0800. The fourth-order valence-electron chi connectivity index (χ4n) is 3.75. The predicted molar refractivity (Wildman–Crippen MR) is 48.6 cm³/mol. The summed E-state index contributed by atoms with van der Waals surface area (Å²) in [6.45, 7) is 1.29. The lowest BCUT2D eigenvalue weighted by Crippen LogP contribution is -2.68. The molecule has 3 rings (SSSR count). The molecule has 1 N–H and O–H groups in total. The van der Waals surface area contributed by atoms with Gasteiger partial charge >= 0.3 is 0 Å². The van der Waals surface area contributed by atoms with Crippen molar-refractivity contribution in [3.63, 3.8) is 0 Å². The van der Waals surface area contributed by atoms with Gasteiger partial charge < -0.3 is 0 Å². The Labute approximate surface area is 74.3 Å². The molecule has 0 aromatic heterocycles. The van der Waals surface area contributed by atoms with Crippen LogP contribution in [0.3, 0.4) is 0 Å². The number of hydrogen-bond acceptors (Lipinski definition) is 2. The van der Waals surface area contributed by atoms with Gasteiger partial charge in [-0.3, -0.25) is 5.43 Å². The van der Waals surface area contributed by atoms with E-state index in [1.165, 1.54) is 38.6 Å². The molecule has 2 aliphatic carbocycles. The van der Waals surface area contributed by atoms with Crippen molar-refractivity contribution in [3.05, 3.63) is 0 Å². The smallest absolute Gasteiger partial charge is 0.0302 e. The molecule has 0 bridgehead atoms. The number of nitrogens with zero attached hydrogens (tertiary/aromatic N) is 1. The topological polar surface area (TPSA) is 15.3 Å². The molecule has 1 aliphatic heterocycles. The van der Waals surface area contributed by atoms with Crippen LogP contribution < -0.4 is 5.43 Å². The summed E-state index contributed by atoms with van der Waals surface area (Å²) in [6.07, 6.45) is 7.43. The lowest BCUT2D eigenvalue weighted by Gasteiger charge is -2.67. The SMILES string of the molecule is CNN1CCC2CCC23CCC13. The van der Waals surface area contributed by atoms with Gasteiger partial charge in [-0.05, 0) is 50.5 Å². The number of hydrogen-bond donors (Lipinski definition) is 1. The maximum absolute atomic E-state index is 3.35. The largest absolute Gasteiger partial charge is 0.258 e. The van der Waals surface area contributed by atoms with Crippen molar-refractivity contribution in [2.75, 3.05) is 13.6 Å². The zero-order valence-corrected chi connectivity index (χ0v) is 7.84. The fourth-order valence-corrected chi connectivity index (χ4v) is 3.75. The maximum atomic E-state index is 3.35. The van der Waals surface area contributed by atoms with Gasteiger partial charge in [-0.25, -0.2) is 5.01 Å². The molecule has 0 aromatic rings. The number of rotatable bonds is 1. The van der Waals surface area contributed by atoms with Crippen LogP contribution in [0.4, 0.5) is 0 Å². The van der Waals surface area contributed by atoms with E-state index >= 15 is 0 Å². The van der Waals surface area contributed by atoms with E-state index in [1.54, 1.807) is 0 Å². The van der Waals surface area contributed by atoms with E-state index in [4.69, 9.17) is 0 Å².